The van der Waals surface area contributed by atoms with Gasteiger partial charge in [0, 0.05) is 6.42 Å². The lowest BCUT2D eigenvalue weighted by Gasteiger charge is -2.32. The lowest BCUT2D eigenvalue weighted by Crippen LogP contribution is -2.50. The maximum absolute atomic E-state index is 13.3. The molecule has 110 valence electrons. The van der Waals surface area contributed by atoms with Crippen LogP contribution in [0.25, 0.3) is 0 Å². The molecule has 0 saturated heterocycles. The first-order chi connectivity index (χ1) is 7.93. The highest BCUT2D eigenvalue weighted by molar-refractivity contribution is 6.52. The Balaban J connectivity index is 4.69. The molecule has 0 heterocycles. The van der Waals surface area contributed by atoms with Crippen LogP contribution in [0.5, 0.6) is 0 Å². The van der Waals surface area contributed by atoms with E-state index in [9.17, 15) is 22.0 Å². The minimum Gasteiger partial charge on any atom is -0.320 e. The maximum atomic E-state index is 13.3. The molecule has 1 atom stereocenters. The van der Waals surface area contributed by atoms with Crippen molar-refractivity contribution >= 4 is 9.12 Å². The molecule has 0 aromatic heterocycles. The van der Waals surface area contributed by atoms with Gasteiger partial charge in [-0.25, -0.2) is 4.39 Å². The molecular formula is C10H21F5N2Si. The number of alkyl halides is 5. The van der Waals surface area contributed by atoms with Gasteiger partial charge in [-0.2, -0.15) is 17.6 Å². The Hall–Kier alpha value is -0.213. The molecule has 0 aliphatic heterocycles. The zero-order valence-electron chi connectivity index (χ0n) is 11.4. The third kappa shape index (κ3) is 4.17. The van der Waals surface area contributed by atoms with Crippen molar-refractivity contribution in [2.75, 3.05) is 28.2 Å². The summed E-state index contributed by atoms with van der Waals surface area (Å²) in [5.74, 6) is -8.91. The Kier molecular flexibility index (Phi) is 6.22. The molecule has 0 aromatic rings. The van der Waals surface area contributed by atoms with Crippen LogP contribution in [0.3, 0.4) is 0 Å². The predicted molar refractivity (Wildman–Crippen MR) is 64.4 cm³/mol. The predicted octanol–water partition coefficient (Wildman–Crippen LogP) is 2.35. The summed E-state index contributed by atoms with van der Waals surface area (Å²) in [6.45, 7) is 0.459. The van der Waals surface area contributed by atoms with E-state index in [1.807, 2.05) is 0 Å². The molecule has 0 bridgehead atoms. The Bertz CT molecular complexity index is 251. The summed E-state index contributed by atoms with van der Waals surface area (Å²) in [7, 11) is 5.06. The minimum atomic E-state index is -4.61. The van der Waals surface area contributed by atoms with Crippen LogP contribution >= 0.6 is 0 Å². The summed E-state index contributed by atoms with van der Waals surface area (Å²) < 4.78 is 68.9. The van der Waals surface area contributed by atoms with Crippen LogP contribution in [0.1, 0.15) is 13.3 Å². The molecule has 2 nitrogen and oxygen atoms in total. The summed E-state index contributed by atoms with van der Waals surface area (Å²) >= 11 is 0. The molecule has 0 rings (SSSR count). The van der Waals surface area contributed by atoms with Crippen LogP contribution < -0.4 is 0 Å². The minimum absolute atomic E-state index is 0.0324. The SMILES string of the molecule is CC(F)C(F)(F)C(F)(F)CC[SiH](N(C)C)N(C)C. The van der Waals surface area contributed by atoms with Crippen LogP contribution in [-0.2, 0) is 0 Å². The molecule has 0 aliphatic rings. The number of hydrogen-bond acceptors (Lipinski definition) is 2. The number of hydrogen-bond donors (Lipinski definition) is 0. The van der Waals surface area contributed by atoms with E-state index < -0.39 is 33.6 Å². The zero-order valence-corrected chi connectivity index (χ0v) is 12.5. The van der Waals surface area contributed by atoms with Gasteiger partial charge in [0.1, 0.15) is 0 Å². The fourth-order valence-corrected chi connectivity index (χ4v) is 4.32. The number of rotatable bonds is 7. The maximum Gasteiger partial charge on any atom is 0.340 e. The summed E-state index contributed by atoms with van der Waals surface area (Å²) in [5.41, 5.74) is 0. The third-order valence-electron chi connectivity index (χ3n) is 2.90. The number of nitrogens with zero attached hydrogens (tertiary/aromatic N) is 2. The zero-order chi connectivity index (χ0) is 14.7. The van der Waals surface area contributed by atoms with Crippen LogP contribution in [0, 0.1) is 0 Å². The second-order valence-corrected chi connectivity index (χ2v) is 8.49. The Morgan fingerprint density at radius 2 is 1.39 bits per heavy atom. The monoisotopic (exact) mass is 292 g/mol. The number of halogens is 5. The second kappa shape index (κ2) is 6.29. The van der Waals surface area contributed by atoms with E-state index in [0.717, 1.165) is 0 Å². The highest BCUT2D eigenvalue weighted by atomic mass is 28.3. The summed E-state index contributed by atoms with van der Waals surface area (Å²) in [6.07, 6.45) is -3.85. The molecule has 0 radical (unpaired) electrons. The molecule has 0 aliphatic carbocycles. The van der Waals surface area contributed by atoms with Crippen LogP contribution in [-0.4, -0.2) is 64.5 Å². The first kappa shape index (κ1) is 17.8. The normalized spacial score (nSPS) is 15.8. The van der Waals surface area contributed by atoms with E-state index in [0.29, 0.717) is 6.92 Å². The van der Waals surface area contributed by atoms with Crippen LogP contribution in [0.4, 0.5) is 22.0 Å². The quantitative estimate of drug-likeness (QED) is 0.525. The third-order valence-corrected chi connectivity index (χ3v) is 6.09. The van der Waals surface area contributed by atoms with E-state index in [1.54, 1.807) is 37.3 Å². The highest BCUT2D eigenvalue weighted by Gasteiger charge is 2.59. The van der Waals surface area contributed by atoms with Gasteiger partial charge in [0.25, 0.3) is 0 Å². The topological polar surface area (TPSA) is 6.48 Å². The van der Waals surface area contributed by atoms with Crippen molar-refractivity contribution in [3.63, 3.8) is 0 Å². The Morgan fingerprint density at radius 3 is 1.67 bits per heavy atom. The van der Waals surface area contributed by atoms with Crippen molar-refractivity contribution in [1.82, 2.24) is 9.13 Å². The fraction of sp³-hybridized carbons (Fsp3) is 1.00. The lowest BCUT2D eigenvalue weighted by molar-refractivity contribution is -0.236. The first-order valence-electron chi connectivity index (χ1n) is 5.66. The van der Waals surface area contributed by atoms with E-state index >= 15 is 0 Å². The van der Waals surface area contributed by atoms with Gasteiger partial charge in [0.2, 0.25) is 0 Å². The molecular weight excluding hydrogens is 271 g/mol. The van der Waals surface area contributed by atoms with E-state index in [-0.39, 0.29) is 6.04 Å². The highest BCUT2D eigenvalue weighted by Crippen LogP contribution is 2.41. The van der Waals surface area contributed by atoms with Gasteiger partial charge in [-0.1, -0.05) is 0 Å². The van der Waals surface area contributed by atoms with Gasteiger partial charge in [-0.15, -0.1) is 0 Å². The van der Waals surface area contributed by atoms with E-state index in [1.165, 1.54) is 0 Å². The second-order valence-electron chi connectivity index (χ2n) is 4.89. The van der Waals surface area contributed by atoms with Gasteiger partial charge in [0.05, 0.1) is 0 Å². The van der Waals surface area contributed by atoms with Crippen LogP contribution in [0.2, 0.25) is 6.04 Å². The Morgan fingerprint density at radius 1 is 1.00 bits per heavy atom. The van der Waals surface area contributed by atoms with Crippen molar-refractivity contribution < 1.29 is 22.0 Å². The lowest BCUT2D eigenvalue weighted by atomic mass is 10.1. The average molecular weight is 292 g/mol. The molecule has 0 spiro atoms. The van der Waals surface area contributed by atoms with Gasteiger partial charge in [-0.05, 0) is 41.2 Å². The molecule has 18 heavy (non-hydrogen) atoms. The van der Waals surface area contributed by atoms with E-state index in [2.05, 4.69) is 0 Å². The largest absolute Gasteiger partial charge is 0.340 e. The van der Waals surface area contributed by atoms with Crippen molar-refractivity contribution in [3.8, 4) is 0 Å². The molecule has 0 fully saturated rings. The van der Waals surface area contributed by atoms with Gasteiger partial charge >= 0.3 is 11.8 Å². The Labute approximate surface area is 107 Å². The molecule has 8 heteroatoms. The summed E-state index contributed by atoms with van der Waals surface area (Å²) in [6, 6.07) is -0.0324. The standard InChI is InChI=1S/C10H21F5N2Si/c1-8(11)10(14,15)9(12,13)6-7-18(16(2)3)17(4)5/h8,18H,6-7H2,1-5H3. The fourth-order valence-electron chi connectivity index (χ4n) is 1.75. The summed E-state index contributed by atoms with van der Waals surface area (Å²) in [4.78, 5) is 0. The van der Waals surface area contributed by atoms with Gasteiger partial charge in [0.15, 0.2) is 15.3 Å². The smallest absolute Gasteiger partial charge is 0.320 e. The molecule has 0 aromatic carbocycles. The van der Waals surface area contributed by atoms with Gasteiger partial charge < -0.3 is 9.13 Å². The first-order valence-corrected chi connectivity index (χ1v) is 7.51. The molecule has 0 amide bonds. The molecule has 1 unspecified atom stereocenters. The van der Waals surface area contributed by atoms with Crippen molar-refractivity contribution in [3.05, 3.63) is 0 Å². The van der Waals surface area contributed by atoms with E-state index in [4.69, 9.17) is 0 Å². The molecule has 0 N–H and O–H groups in total. The summed E-state index contributed by atoms with van der Waals surface area (Å²) in [5, 5.41) is 0. The van der Waals surface area contributed by atoms with Gasteiger partial charge in [-0.3, -0.25) is 0 Å². The van der Waals surface area contributed by atoms with Crippen molar-refractivity contribution in [2.24, 2.45) is 0 Å². The average Bonchev–Trinajstić information content (AvgIpc) is 2.15. The van der Waals surface area contributed by atoms with Crippen LogP contribution in [0.15, 0.2) is 0 Å². The van der Waals surface area contributed by atoms with Crippen molar-refractivity contribution in [1.29, 1.82) is 0 Å². The molecule has 0 saturated carbocycles. The van der Waals surface area contributed by atoms with Crippen molar-refractivity contribution in [2.45, 2.75) is 37.4 Å².